The second kappa shape index (κ2) is 3.73. The van der Waals surface area contributed by atoms with Gasteiger partial charge in [0, 0.05) is 3.57 Å². The van der Waals surface area contributed by atoms with Crippen molar-refractivity contribution >= 4 is 43.4 Å². The number of rotatable bonds is 1. The van der Waals surface area contributed by atoms with E-state index in [1.54, 1.807) is 12.1 Å². The first-order valence-electron chi connectivity index (χ1n) is 4.19. The molecule has 0 aromatic heterocycles. The van der Waals surface area contributed by atoms with Gasteiger partial charge in [0.25, 0.3) is 0 Å². The van der Waals surface area contributed by atoms with E-state index in [0.717, 1.165) is 14.3 Å². The fourth-order valence-corrected chi connectivity index (χ4v) is 2.44. The molecule has 0 saturated heterocycles. The Morgan fingerprint density at radius 2 is 1.67 bits per heavy atom. The van der Waals surface area contributed by atoms with Gasteiger partial charge in [-0.2, -0.15) is 0 Å². The van der Waals surface area contributed by atoms with Crippen LogP contribution in [0.4, 0.5) is 0 Å². The first kappa shape index (κ1) is 10.8. The predicted molar refractivity (Wildman–Crippen MR) is 68.0 cm³/mol. The van der Waals surface area contributed by atoms with Crippen molar-refractivity contribution in [3.05, 3.63) is 40.0 Å². The lowest BCUT2D eigenvalue weighted by atomic mass is 10.1. The topological polar surface area (TPSA) is 60.2 Å². The largest absolute Gasteiger partial charge is 0.238 e. The van der Waals surface area contributed by atoms with Crippen molar-refractivity contribution in [1.29, 1.82) is 0 Å². The average molecular weight is 333 g/mol. The maximum atomic E-state index is 11.1. The van der Waals surface area contributed by atoms with Gasteiger partial charge in [0.1, 0.15) is 0 Å². The lowest BCUT2D eigenvalue weighted by Gasteiger charge is -2.01. The van der Waals surface area contributed by atoms with Crippen LogP contribution in [0.25, 0.3) is 10.8 Å². The number of halogens is 1. The zero-order chi connectivity index (χ0) is 11.1. The van der Waals surface area contributed by atoms with Gasteiger partial charge in [-0.05, 0) is 57.6 Å². The second-order valence-electron chi connectivity index (χ2n) is 3.20. The van der Waals surface area contributed by atoms with E-state index in [9.17, 15) is 8.42 Å². The Bertz CT molecular complexity index is 622. The highest BCUT2D eigenvalue weighted by atomic mass is 127. The molecule has 0 bridgehead atoms. The fraction of sp³-hybridized carbons (Fsp3) is 0. The molecule has 78 valence electrons. The molecule has 3 nitrogen and oxygen atoms in total. The summed E-state index contributed by atoms with van der Waals surface area (Å²) in [5.74, 6) is 0. The van der Waals surface area contributed by atoms with Gasteiger partial charge in [0.2, 0.25) is 10.0 Å². The summed E-state index contributed by atoms with van der Waals surface area (Å²) < 4.78 is 23.3. The van der Waals surface area contributed by atoms with Crippen molar-refractivity contribution in [2.45, 2.75) is 4.90 Å². The van der Waals surface area contributed by atoms with Crippen molar-refractivity contribution in [3.8, 4) is 0 Å². The number of fused-ring (bicyclic) bond motifs is 1. The Labute approximate surface area is 101 Å². The maximum absolute atomic E-state index is 11.1. The molecule has 0 fully saturated rings. The van der Waals surface area contributed by atoms with Crippen LogP contribution in [0.1, 0.15) is 0 Å². The Hall–Kier alpha value is -0.660. The highest BCUT2D eigenvalue weighted by Gasteiger charge is 2.07. The fourth-order valence-electron chi connectivity index (χ4n) is 1.37. The van der Waals surface area contributed by atoms with Crippen LogP contribution in [0.2, 0.25) is 0 Å². The van der Waals surface area contributed by atoms with Crippen molar-refractivity contribution < 1.29 is 8.42 Å². The molecule has 15 heavy (non-hydrogen) atoms. The molecule has 0 aliphatic rings. The van der Waals surface area contributed by atoms with Crippen LogP contribution < -0.4 is 5.14 Å². The van der Waals surface area contributed by atoms with Gasteiger partial charge in [0.05, 0.1) is 4.90 Å². The van der Waals surface area contributed by atoms with Crippen LogP contribution >= 0.6 is 22.6 Å². The molecule has 0 unspecified atom stereocenters. The van der Waals surface area contributed by atoms with Crippen LogP contribution in [-0.2, 0) is 10.0 Å². The van der Waals surface area contributed by atoms with E-state index >= 15 is 0 Å². The van der Waals surface area contributed by atoms with E-state index < -0.39 is 10.0 Å². The van der Waals surface area contributed by atoms with Crippen molar-refractivity contribution in [3.63, 3.8) is 0 Å². The first-order chi connectivity index (χ1) is 6.97. The highest BCUT2D eigenvalue weighted by molar-refractivity contribution is 14.1. The minimum Gasteiger partial charge on any atom is -0.225 e. The molecule has 2 rings (SSSR count). The Morgan fingerprint density at radius 1 is 1.00 bits per heavy atom. The molecule has 2 N–H and O–H groups in total. The Kier molecular flexibility index (Phi) is 2.70. The van der Waals surface area contributed by atoms with Gasteiger partial charge in [-0.3, -0.25) is 0 Å². The summed E-state index contributed by atoms with van der Waals surface area (Å²) in [4.78, 5) is 0.150. The maximum Gasteiger partial charge on any atom is 0.238 e. The molecular formula is C10H8INO2S. The molecule has 2 aromatic carbocycles. The van der Waals surface area contributed by atoms with E-state index in [0.29, 0.717) is 0 Å². The number of sulfonamides is 1. The quantitative estimate of drug-likeness (QED) is 0.813. The molecule has 0 aliphatic carbocycles. The summed E-state index contributed by atoms with van der Waals surface area (Å²) in [5, 5.41) is 6.94. The van der Waals surface area contributed by atoms with E-state index in [4.69, 9.17) is 5.14 Å². The van der Waals surface area contributed by atoms with E-state index in [2.05, 4.69) is 22.6 Å². The molecule has 0 spiro atoms. The smallest absolute Gasteiger partial charge is 0.225 e. The van der Waals surface area contributed by atoms with Crippen LogP contribution in [0, 0.1) is 3.57 Å². The van der Waals surface area contributed by atoms with Gasteiger partial charge in [-0.1, -0.05) is 12.1 Å². The molecule has 0 heterocycles. The summed E-state index contributed by atoms with van der Waals surface area (Å²) in [6, 6.07) is 10.7. The summed E-state index contributed by atoms with van der Waals surface area (Å²) in [5.41, 5.74) is 0. The number of nitrogens with two attached hydrogens (primary N) is 1. The molecule has 0 aliphatic heterocycles. The molecule has 0 atom stereocenters. The Balaban J connectivity index is 2.75. The minimum absolute atomic E-state index is 0.150. The van der Waals surface area contributed by atoms with Crippen molar-refractivity contribution in [2.24, 2.45) is 5.14 Å². The number of hydrogen-bond donors (Lipinski definition) is 1. The second-order valence-corrected chi connectivity index (χ2v) is 6.01. The van der Waals surface area contributed by atoms with Gasteiger partial charge >= 0.3 is 0 Å². The molecular weight excluding hydrogens is 325 g/mol. The number of hydrogen-bond acceptors (Lipinski definition) is 2. The zero-order valence-corrected chi connectivity index (χ0v) is 10.6. The van der Waals surface area contributed by atoms with Crippen LogP contribution in [0.3, 0.4) is 0 Å². The van der Waals surface area contributed by atoms with Gasteiger partial charge in [-0.25, -0.2) is 13.6 Å². The van der Waals surface area contributed by atoms with Gasteiger partial charge in [0.15, 0.2) is 0 Å². The third kappa shape index (κ3) is 2.30. The minimum atomic E-state index is -3.61. The molecule has 0 radical (unpaired) electrons. The molecule has 0 amide bonds. The summed E-state index contributed by atoms with van der Waals surface area (Å²) in [6.45, 7) is 0. The normalized spacial score (nSPS) is 11.9. The lowest BCUT2D eigenvalue weighted by molar-refractivity contribution is 0.598. The molecule has 5 heteroatoms. The highest BCUT2D eigenvalue weighted by Crippen LogP contribution is 2.20. The van der Waals surface area contributed by atoms with Gasteiger partial charge < -0.3 is 0 Å². The van der Waals surface area contributed by atoms with Crippen LogP contribution in [0.5, 0.6) is 0 Å². The third-order valence-electron chi connectivity index (χ3n) is 2.10. The van der Waals surface area contributed by atoms with Crippen LogP contribution in [-0.4, -0.2) is 8.42 Å². The van der Waals surface area contributed by atoms with Gasteiger partial charge in [-0.15, -0.1) is 0 Å². The summed E-state index contributed by atoms with van der Waals surface area (Å²) in [7, 11) is -3.61. The average Bonchev–Trinajstić information content (AvgIpc) is 2.15. The third-order valence-corrected chi connectivity index (χ3v) is 3.68. The summed E-state index contributed by atoms with van der Waals surface area (Å²) in [6.07, 6.45) is 0. The zero-order valence-electron chi connectivity index (χ0n) is 7.64. The van der Waals surface area contributed by atoms with Crippen LogP contribution in [0.15, 0.2) is 41.3 Å². The number of primary sulfonamides is 1. The van der Waals surface area contributed by atoms with Crippen molar-refractivity contribution in [2.75, 3.05) is 0 Å². The lowest BCUT2D eigenvalue weighted by Crippen LogP contribution is -2.11. The van der Waals surface area contributed by atoms with E-state index in [-0.39, 0.29) is 4.90 Å². The molecule has 0 saturated carbocycles. The predicted octanol–water partition coefficient (Wildman–Crippen LogP) is 2.09. The number of benzene rings is 2. The standard InChI is InChI=1S/C10H8INO2S/c11-9-3-1-7-2-4-10(15(12,13)14)6-8(7)5-9/h1-6H,(H2,12,13,14). The van der Waals surface area contributed by atoms with Crippen molar-refractivity contribution in [1.82, 2.24) is 0 Å². The van der Waals surface area contributed by atoms with E-state index in [1.807, 2.05) is 18.2 Å². The SMILES string of the molecule is NS(=O)(=O)c1ccc2ccc(I)cc2c1. The Morgan fingerprint density at radius 3 is 2.33 bits per heavy atom. The molecule has 2 aromatic rings. The first-order valence-corrected chi connectivity index (χ1v) is 6.81. The summed E-state index contributed by atoms with van der Waals surface area (Å²) >= 11 is 2.18. The van der Waals surface area contributed by atoms with E-state index in [1.165, 1.54) is 6.07 Å². The monoisotopic (exact) mass is 333 g/mol.